The predicted octanol–water partition coefficient (Wildman–Crippen LogP) is 1.15. The van der Waals surface area contributed by atoms with Crippen molar-refractivity contribution in [3.63, 3.8) is 0 Å². The first-order valence-corrected chi connectivity index (χ1v) is 5.50. The third-order valence-corrected chi connectivity index (χ3v) is 2.98. The quantitative estimate of drug-likeness (QED) is 0.859. The summed E-state index contributed by atoms with van der Waals surface area (Å²) in [5, 5.41) is 0. The number of nitrogens with two attached hydrogens (primary N) is 1. The summed E-state index contributed by atoms with van der Waals surface area (Å²) in [7, 11) is 1.46. The van der Waals surface area contributed by atoms with Crippen molar-refractivity contribution >= 4 is 11.6 Å². The SMILES string of the molecule is COc1cccc(F)c1N1CC(CN)CC1=O. The summed E-state index contributed by atoms with van der Waals surface area (Å²) < 4.78 is 18.9. The molecule has 1 aliphatic rings. The van der Waals surface area contributed by atoms with Gasteiger partial charge in [0.1, 0.15) is 11.4 Å². The number of hydrogen-bond donors (Lipinski definition) is 1. The monoisotopic (exact) mass is 238 g/mol. The number of benzene rings is 1. The van der Waals surface area contributed by atoms with E-state index in [1.54, 1.807) is 12.1 Å². The van der Waals surface area contributed by atoms with Gasteiger partial charge in [0.25, 0.3) is 0 Å². The number of carbonyl (C=O) groups is 1. The molecule has 92 valence electrons. The summed E-state index contributed by atoms with van der Waals surface area (Å²) in [6, 6.07) is 4.51. The number of ether oxygens (including phenoxy) is 1. The minimum atomic E-state index is -0.449. The van der Waals surface area contributed by atoms with Gasteiger partial charge in [-0.3, -0.25) is 4.79 Å². The van der Waals surface area contributed by atoms with E-state index in [1.165, 1.54) is 18.1 Å². The molecule has 1 atom stereocenters. The van der Waals surface area contributed by atoms with Crippen LogP contribution < -0.4 is 15.4 Å². The summed E-state index contributed by atoms with van der Waals surface area (Å²) in [6.45, 7) is 0.881. The van der Waals surface area contributed by atoms with E-state index in [9.17, 15) is 9.18 Å². The van der Waals surface area contributed by atoms with E-state index >= 15 is 0 Å². The van der Waals surface area contributed by atoms with E-state index in [2.05, 4.69) is 0 Å². The molecule has 1 fully saturated rings. The largest absolute Gasteiger partial charge is 0.494 e. The smallest absolute Gasteiger partial charge is 0.227 e. The highest BCUT2D eigenvalue weighted by atomic mass is 19.1. The van der Waals surface area contributed by atoms with Crippen LogP contribution in [-0.2, 0) is 4.79 Å². The molecule has 1 unspecified atom stereocenters. The second kappa shape index (κ2) is 4.71. The third-order valence-electron chi connectivity index (χ3n) is 2.98. The molecule has 0 aliphatic carbocycles. The average Bonchev–Trinajstić information content (AvgIpc) is 2.70. The van der Waals surface area contributed by atoms with Crippen LogP contribution >= 0.6 is 0 Å². The average molecular weight is 238 g/mol. The molecule has 0 spiro atoms. The first kappa shape index (κ1) is 11.9. The fourth-order valence-corrected chi connectivity index (χ4v) is 2.08. The number of para-hydroxylation sites is 1. The molecule has 1 aromatic rings. The number of nitrogens with zero attached hydrogens (tertiary/aromatic N) is 1. The lowest BCUT2D eigenvalue weighted by Gasteiger charge is -2.20. The zero-order chi connectivity index (χ0) is 12.4. The van der Waals surface area contributed by atoms with E-state index in [4.69, 9.17) is 10.5 Å². The van der Waals surface area contributed by atoms with E-state index < -0.39 is 5.82 Å². The Bertz CT molecular complexity index is 437. The van der Waals surface area contributed by atoms with E-state index in [1.807, 2.05) is 0 Å². The van der Waals surface area contributed by atoms with Gasteiger partial charge in [0.05, 0.1) is 7.11 Å². The first-order valence-electron chi connectivity index (χ1n) is 5.50. The molecular formula is C12H15FN2O2. The van der Waals surface area contributed by atoms with Crippen LogP contribution in [-0.4, -0.2) is 26.1 Å². The Kier molecular flexibility index (Phi) is 3.28. The fourth-order valence-electron chi connectivity index (χ4n) is 2.08. The van der Waals surface area contributed by atoms with Gasteiger partial charge in [-0.15, -0.1) is 0 Å². The van der Waals surface area contributed by atoms with Crippen LogP contribution in [0.5, 0.6) is 5.75 Å². The van der Waals surface area contributed by atoms with Gasteiger partial charge in [-0.1, -0.05) is 6.07 Å². The number of halogens is 1. The number of methoxy groups -OCH3 is 1. The van der Waals surface area contributed by atoms with Crippen LogP contribution in [0.1, 0.15) is 6.42 Å². The molecular weight excluding hydrogens is 223 g/mol. The molecule has 1 aromatic carbocycles. The minimum Gasteiger partial charge on any atom is -0.494 e. The first-order chi connectivity index (χ1) is 8.17. The predicted molar refractivity (Wildman–Crippen MR) is 62.5 cm³/mol. The number of anilines is 1. The summed E-state index contributed by atoms with van der Waals surface area (Å²) >= 11 is 0. The maximum absolute atomic E-state index is 13.8. The molecule has 4 nitrogen and oxygen atoms in total. The van der Waals surface area contributed by atoms with Gasteiger partial charge in [0, 0.05) is 13.0 Å². The van der Waals surface area contributed by atoms with Crippen molar-refractivity contribution in [2.24, 2.45) is 11.7 Å². The van der Waals surface area contributed by atoms with E-state index in [0.29, 0.717) is 25.3 Å². The van der Waals surface area contributed by atoms with Crippen LogP contribution in [0.25, 0.3) is 0 Å². The minimum absolute atomic E-state index is 0.0896. The van der Waals surface area contributed by atoms with E-state index in [-0.39, 0.29) is 17.5 Å². The summed E-state index contributed by atoms with van der Waals surface area (Å²) in [6.07, 6.45) is 0.369. The molecule has 1 heterocycles. The van der Waals surface area contributed by atoms with Crippen LogP contribution in [0.4, 0.5) is 10.1 Å². The Balaban J connectivity index is 2.37. The molecule has 0 aromatic heterocycles. The topological polar surface area (TPSA) is 55.6 Å². The van der Waals surface area contributed by atoms with Crippen LogP contribution in [0.3, 0.4) is 0 Å². The lowest BCUT2D eigenvalue weighted by molar-refractivity contribution is -0.117. The Morgan fingerprint density at radius 2 is 2.35 bits per heavy atom. The molecule has 2 N–H and O–H groups in total. The second-order valence-corrected chi connectivity index (χ2v) is 4.10. The number of amides is 1. The Morgan fingerprint density at radius 1 is 1.59 bits per heavy atom. The summed E-state index contributed by atoms with van der Waals surface area (Å²) in [5.41, 5.74) is 5.76. The highest BCUT2D eigenvalue weighted by Crippen LogP contribution is 2.34. The van der Waals surface area contributed by atoms with Gasteiger partial charge in [-0.2, -0.15) is 0 Å². The fraction of sp³-hybridized carbons (Fsp3) is 0.417. The standard InChI is InChI=1S/C12H15FN2O2/c1-17-10-4-2-3-9(13)12(10)15-7-8(6-14)5-11(15)16/h2-4,8H,5-7,14H2,1H3. The molecule has 17 heavy (non-hydrogen) atoms. The van der Waals surface area contributed by atoms with Crippen LogP contribution in [0.2, 0.25) is 0 Å². The third kappa shape index (κ3) is 2.10. The van der Waals surface area contributed by atoms with Gasteiger partial charge in [0.2, 0.25) is 5.91 Å². The molecule has 5 heteroatoms. The van der Waals surface area contributed by atoms with Crippen molar-refractivity contribution in [3.8, 4) is 5.75 Å². The Hall–Kier alpha value is -1.62. The summed E-state index contributed by atoms with van der Waals surface area (Å²) in [4.78, 5) is 13.2. The maximum atomic E-state index is 13.8. The van der Waals surface area contributed by atoms with E-state index in [0.717, 1.165) is 0 Å². The van der Waals surface area contributed by atoms with Crippen molar-refractivity contribution < 1.29 is 13.9 Å². The van der Waals surface area contributed by atoms with Crippen molar-refractivity contribution in [3.05, 3.63) is 24.0 Å². The second-order valence-electron chi connectivity index (χ2n) is 4.10. The lowest BCUT2D eigenvalue weighted by atomic mass is 10.1. The molecule has 0 saturated carbocycles. The van der Waals surface area contributed by atoms with Crippen molar-refractivity contribution in [2.75, 3.05) is 25.1 Å². The Morgan fingerprint density at radius 3 is 2.94 bits per heavy atom. The van der Waals surface area contributed by atoms with Gasteiger partial charge >= 0.3 is 0 Å². The van der Waals surface area contributed by atoms with Crippen molar-refractivity contribution in [2.45, 2.75) is 6.42 Å². The molecule has 1 amide bonds. The van der Waals surface area contributed by atoms with Crippen LogP contribution in [0.15, 0.2) is 18.2 Å². The van der Waals surface area contributed by atoms with Gasteiger partial charge in [0.15, 0.2) is 5.82 Å². The van der Waals surface area contributed by atoms with Crippen LogP contribution in [0, 0.1) is 11.7 Å². The number of hydrogen-bond acceptors (Lipinski definition) is 3. The molecule has 1 aliphatic heterocycles. The van der Waals surface area contributed by atoms with Gasteiger partial charge in [-0.25, -0.2) is 4.39 Å². The Labute approximate surface area is 99.2 Å². The normalized spacial score (nSPS) is 19.8. The highest BCUT2D eigenvalue weighted by molar-refractivity contribution is 5.97. The molecule has 0 radical (unpaired) electrons. The molecule has 1 saturated heterocycles. The zero-order valence-corrected chi connectivity index (χ0v) is 9.65. The molecule has 0 bridgehead atoms. The van der Waals surface area contributed by atoms with Crippen molar-refractivity contribution in [1.82, 2.24) is 0 Å². The zero-order valence-electron chi connectivity index (χ0n) is 9.65. The summed E-state index contributed by atoms with van der Waals surface area (Å²) in [5.74, 6) is -0.0953. The molecule has 2 rings (SSSR count). The maximum Gasteiger partial charge on any atom is 0.227 e. The van der Waals surface area contributed by atoms with Gasteiger partial charge < -0.3 is 15.4 Å². The highest BCUT2D eigenvalue weighted by Gasteiger charge is 2.32. The number of rotatable bonds is 3. The van der Waals surface area contributed by atoms with Crippen molar-refractivity contribution in [1.29, 1.82) is 0 Å². The van der Waals surface area contributed by atoms with Gasteiger partial charge in [-0.05, 0) is 24.6 Å². The lowest BCUT2D eigenvalue weighted by Crippen LogP contribution is -2.27. The number of carbonyl (C=O) groups excluding carboxylic acids is 1.